The van der Waals surface area contributed by atoms with Gasteiger partial charge in [-0.3, -0.25) is 0 Å². The second-order valence-electron chi connectivity index (χ2n) is 4.03. The van der Waals surface area contributed by atoms with Gasteiger partial charge >= 0.3 is 5.97 Å². The number of carboxylic acid groups (broad SMARTS) is 1. The largest absolute Gasteiger partial charge is 0.477 e. The van der Waals surface area contributed by atoms with E-state index in [1.807, 2.05) is 0 Å². The lowest BCUT2D eigenvalue weighted by molar-refractivity contribution is -0.129. The van der Waals surface area contributed by atoms with Crippen LogP contribution in [-0.4, -0.2) is 23.3 Å². The van der Waals surface area contributed by atoms with Crippen molar-refractivity contribution in [3.8, 4) is 0 Å². The maximum absolute atomic E-state index is 10.4. The number of hydrazone groups is 1. The first-order chi connectivity index (χ1) is 7.68. The van der Waals surface area contributed by atoms with Crippen LogP contribution in [0.2, 0.25) is 0 Å². The Labute approximate surface area is 98.1 Å². The standard InChI is InChI=1S/C12H24N2O2/c1-3-4-5-6-7-8-9-10-13-14-11(2)12(15)16/h13H,3-10H2,1-2H3,(H,15,16)/b14-11-. The van der Waals surface area contributed by atoms with E-state index in [0.29, 0.717) is 0 Å². The number of hydrogen-bond donors (Lipinski definition) is 2. The van der Waals surface area contributed by atoms with Crippen molar-refractivity contribution in [3.63, 3.8) is 0 Å². The molecule has 4 nitrogen and oxygen atoms in total. The van der Waals surface area contributed by atoms with Gasteiger partial charge in [-0.15, -0.1) is 0 Å². The molecule has 0 saturated heterocycles. The van der Waals surface area contributed by atoms with Gasteiger partial charge in [-0.2, -0.15) is 5.10 Å². The highest BCUT2D eigenvalue weighted by molar-refractivity contribution is 6.34. The summed E-state index contributed by atoms with van der Waals surface area (Å²) < 4.78 is 0. The van der Waals surface area contributed by atoms with E-state index < -0.39 is 5.97 Å². The molecule has 0 aromatic rings. The number of nitrogens with zero attached hydrogens (tertiary/aromatic N) is 1. The van der Waals surface area contributed by atoms with Crippen molar-refractivity contribution in [2.75, 3.05) is 6.54 Å². The van der Waals surface area contributed by atoms with Crippen LogP contribution in [0.5, 0.6) is 0 Å². The van der Waals surface area contributed by atoms with Gasteiger partial charge in [0.15, 0.2) is 0 Å². The van der Waals surface area contributed by atoms with Gasteiger partial charge in [-0.1, -0.05) is 45.4 Å². The minimum absolute atomic E-state index is 0.114. The predicted octanol–water partition coefficient (Wildman–Crippen LogP) is 2.79. The molecule has 0 atom stereocenters. The summed E-state index contributed by atoms with van der Waals surface area (Å²) in [6.45, 7) is 4.46. The third kappa shape index (κ3) is 9.49. The predicted molar refractivity (Wildman–Crippen MR) is 66.7 cm³/mol. The molecule has 0 aliphatic rings. The van der Waals surface area contributed by atoms with Crippen LogP contribution in [0.25, 0.3) is 0 Å². The molecule has 0 spiro atoms. The summed E-state index contributed by atoms with van der Waals surface area (Å²) >= 11 is 0. The summed E-state index contributed by atoms with van der Waals surface area (Å²) in [5.41, 5.74) is 2.89. The number of aliphatic carboxylic acids is 1. The third-order valence-electron chi connectivity index (χ3n) is 2.45. The van der Waals surface area contributed by atoms with Crippen LogP contribution in [0.3, 0.4) is 0 Å². The van der Waals surface area contributed by atoms with E-state index in [1.54, 1.807) is 0 Å². The topological polar surface area (TPSA) is 61.7 Å². The van der Waals surface area contributed by atoms with Gasteiger partial charge in [0.05, 0.1) is 0 Å². The fraction of sp³-hybridized carbons (Fsp3) is 0.833. The van der Waals surface area contributed by atoms with Gasteiger partial charge in [-0.05, 0) is 13.3 Å². The fourth-order valence-corrected chi connectivity index (χ4v) is 1.38. The highest BCUT2D eigenvalue weighted by Crippen LogP contribution is 2.06. The number of unbranched alkanes of at least 4 members (excludes halogenated alkanes) is 6. The minimum Gasteiger partial charge on any atom is -0.477 e. The highest BCUT2D eigenvalue weighted by atomic mass is 16.4. The lowest BCUT2D eigenvalue weighted by Crippen LogP contribution is -2.16. The molecule has 0 aromatic carbocycles. The second-order valence-corrected chi connectivity index (χ2v) is 4.03. The number of carboxylic acids is 1. The van der Waals surface area contributed by atoms with Crippen molar-refractivity contribution in [3.05, 3.63) is 0 Å². The molecule has 2 N–H and O–H groups in total. The van der Waals surface area contributed by atoms with Gasteiger partial charge in [0.1, 0.15) is 5.71 Å². The Kier molecular flexibility index (Phi) is 9.76. The molecule has 0 amide bonds. The molecule has 0 aliphatic heterocycles. The molecule has 0 aromatic heterocycles. The monoisotopic (exact) mass is 228 g/mol. The van der Waals surface area contributed by atoms with Crippen molar-refractivity contribution in [2.24, 2.45) is 5.10 Å². The van der Waals surface area contributed by atoms with Gasteiger partial charge in [0.2, 0.25) is 0 Å². The molecule has 0 heterocycles. The summed E-state index contributed by atoms with van der Waals surface area (Å²) in [6.07, 6.45) is 8.78. The van der Waals surface area contributed by atoms with Crippen molar-refractivity contribution in [1.82, 2.24) is 5.43 Å². The molecule has 0 unspecified atom stereocenters. The van der Waals surface area contributed by atoms with E-state index in [4.69, 9.17) is 5.11 Å². The fourth-order valence-electron chi connectivity index (χ4n) is 1.38. The highest BCUT2D eigenvalue weighted by Gasteiger charge is 1.99. The van der Waals surface area contributed by atoms with Crippen LogP contribution in [0.15, 0.2) is 5.10 Å². The first-order valence-electron chi connectivity index (χ1n) is 6.19. The molecule has 16 heavy (non-hydrogen) atoms. The maximum Gasteiger partial charge on any atom is 0.351 e. The van der Waals surface area contributed by atoms with Gasteiger partial charge in [-0.25, -0.2) is 4.79 Å². The average molecular weight is 228 g/mol. The van der Waals surface area contributed by atoms with Crippen LogP contribution in [0.4, 0.5) is 0 Å². The lowest BCUT2D eigenvalue weighted by atomic mass is 10.1. The lowest BCUT2D eigenvalue weighted by Gasteiger charge is -2.02. The van der Waals surface area contributed by atoms with E-state index in [0.717, 1.165) is 13.0 Å². The average Bonchev–Trinajstić information content (AvgIpc) is 2.26. The summed E-state index contributed by atoms with van der Waals surface area (Å²) in [5.74, 6) is -0.966. The van der Waals surface area contributed by atoms with E-state index in [9.17, 15) is 4.79 Å². The molecule has 0 saturated carbocycles. The zero-order valence-electron chi connectivity index (χ0n) is 10.5. The zero-order chi connectivity index (χ0) is 12.2. The smallest absolute Gasteiger partial charge is 0.351 e. The number of hydrogen-bond acceptors (Lipinski definition) is 3. The summed E-state index contributed by atoms with van der Waals surface area (Å²) in [7, 11) is 0. The number of rotatable bonds is 10. The quantitative estimate of drug-likeness (QED) is 0.343. The van der Waals surface area contributed by atoms with Crippen LogP contribution in [0.1, 0.15) is 58.8 Å². The Morgan fingerprint density at radius 2 is 1.69 bits per heavy atom. The second kappa shape index (κ2) is 10.5. The number of nitrogens with one attached hydrogen (secondary N) is 1. The molecular weight excluding hydrogens is 204 g/mol. The van der Waals surface area contributed by atoms with Gasteiger partial charge in [0.25, 0.3) is 0 Å². The Hall–Kier alpha value is -1.06. The van der Waals surface area contributed by atoms with Crippen LogP contribution >= 0.6 is 0 Å². The first-order valence-corrected chi connectivity index (χ1v) is 6.19. The SMILES string of the molecule is CCCCCCCCCN/N=C(/C)C(=O)O. The first kappa shape index (κ1) is 14.9. The molecule has 0 fully saturated rings. The molecule has 0 radical (unpaired) electrons. The third-order valence-corrected chi connectivity index (χ3v) is 2.45. The molecule has 0 rings (SSSR count). The van der Waals surface area contributed by atoms with Crippen LogP contribution in [-0.2, 0) is 4.79 Å². The van der Waals surface area contributed by atoms with Crippen LogP contribution in [0, 0.1) is 0 Å². The van der Waals surface area contributed by atoms with Crippen molar-refractivity contribution < 1.29 is 9.90 Å². The van der Waals surface area contributed by atoms with Gasteiger partial charge < -0.3 is 10.5 Å². The van der Waals surface area contributed by atoms with E-state index in [-0.39, 0.29) is 5.71 Å². The van der Waals surface area contributed by atoms with Crippen molar-refractivity contribution >= 4 is 11.7 Å². The Morgan fingerprint density at radius 3 is 2.25 bits per heavy atom. The van der Waals surface area contributed by atoms with E-state index in [1.165, 1.54) is 45.4 Å². The Balaban J connectivity index is 3.21. The summed E-state index contributed by atoms with van der Waals surface area (Å²) in [4.78, 5) is 10.4. The van der Waals surface area contributed by atoms with E-state index >= 15 is 0 Å². The minimum atomic E-state index is -0.966. The molecule has 4 heteroatoms. The maximum atomic E-state index is 10.4. The normalized spacial score (nSPS) is 11.5. The zero-order valence-corrected chi connectivity index (χ0v) is 10.5. The number of carbonyl (C=O) groups is 1. The molecule has 0 bridgehead atoms. The summed E-state index contributed by atoms with van der Waals surface area (Å²) in [6, 6.07) is 0. The van der Waals surface area contributed by atoms with Crippen molar-refractivity contribution in [1.29, 1.82) is 0 Å². The molecule has 94 valence electrons. The van der Waals surface area contributed by atoms with E-state index in [2.05, 4.69) is 17.5 Å². The van der Waals surface area contributed by atoms with Gasteiger partial charge in [0, 0.05) is 6.54 Å². The van der Waals surface area contributed by atoms with Crippen LogP contribution < -0.4 is 5.43 Å². The van der Waals surface area contributed by atoms with Crippen molar-refractivity contribution in [2.45, 2.75) is 58.8 Å². The Morgan fingerprint density at radius 1 is 1.12 bits per heavy atom. The summed E-state index contributed by atoms with van der Waals surface area (Å²) in [5, 5.41) is 12.3. The molecular formula is C12H24N2O2. The molecule has 0 aliphatic carbocycles. The Bertz CT molecular complexity index is 215.